The second-order valence-electron chi connectivity index (χ2n) is 2.11. The van der Waals surface area contributed by atoms with Crippen LogP contribution in [0.25, 0.3) is 0 Å². The second-order valence-corrected chi connectivity index (χ2v) is 3.00. The van der Waals surface area contributed by atoms with Crippen molar-refractivity contribution in [1.29, 1.82) is 0 Å². The van der Waals surface area contributed by atoms with Gasteiger partial charge in [-0.05, 0) is 11.5 Å². The van der Waals surface area contributed by atoms with Crippen molar-refractivity contribution >= 4 is 17.5 Å². The summed E-state index contributed by atoms with van der Waals surface area (Å²) in [5.74, 6) is -0.146. The number of esters is 1. The first-order valence-corrected chi connectivity index (χ1v) is 3.71. The van der Waals surface area contributed by atoms with Gasteiger partial charge >= 0.3 is 5.97 Å². The Kier molecular flexibility index (Phi) is 1.20. The zero-order chi connectivity index (χ0) is 6.97. The zero-order valence-electron chi connectivity index (χ0n) is 5.16. The van der Waals surface area contributed by atoms with E-state index < -0.39 is 0 Å². The molecule has 0 radical (unpaired) electrons. The minimum absolute atomic E-state index is 0.146. The summed E-state index contributed by atoms with van der Waals surface area (Å²) in [5.41, 5.74) is 1.03. The summed E-state index contributed by atoms with van der Waals surface area (Å²) in [6.07, 6.45) is 2.13. The van der Waals surface area contributed by atoms with Crippen molar-refractivity contribution in [2.75, 3.05) is 0 Å². The number of ether oxygens (including phenoxy) is 1. The van der Waals surface area contributed by atoms with E-state index in [9.17, 15) is 4.79 Å². The van der Waals surface area contributed by atoms with Crippen LogP contribution >= 0.6 is 11.5 Å². The van der Waals surface area contributed by atoms with Gasteiger partial charge in [0.15, 0.2) is 0 Å². The van der Waals surface area contributed by atoms with Crippen molar-refractivity contribution in [2.45, 2.75) is 13.0 Å². The van der Waals surface area contributed by atoms with Crippen molar-refractivity contribution in [2.24, 2.45) is 0 Å². The number of carbonyl (C=O) groups is 1. The average Bonchev–Trinajstić information content (AvgIpc) is 2.33. The van der Waals surface area contributed by atoms with E-state index in [1.165, 1.54) is 11.5 Å². The van der Waals surface area contributed by atoms with E-state index in [0.29, 0.717) is 13.0 Å². The number of nitrogens with zero attached hydrogens (tertiary/aromatic N) is 1. The van der Waals surface area contributed by atoms with Crippen LogP contribution in [-0.4, -0.2) is 10.3 Å². The number of aromatic nitrogens is 1. The lowest BCUT2D eigenvalue weighted by Crippen LogP contribution is -2.13. The fourth-order valence-corrected chi connectivity index (χ4v) is 1.56. The van der Waals surface area contributed by atoms with Gasteiger partial charge in [-0.1, -0.05) is 0 Å². The van der Waals surface area contributed by atoms with E-state index in [-0.39, 0.29) is 5.97 Å². The van der Waals surface area contributed by atoms with E-state index >= 15 is 0 Å². The number of hydrogen-bond acceptors (Lipinski definition) is 4. The molecule has 0 aliphatic carbocycles. The van der Waals surface area contributed by atoms with Gasteiger partial charge in [0.2, 0.25) is 0 Å². The first-order valence-electron chi connectivity index (χ1n) is 2.94. The molecule has 1 aliphatic heterocycles. The van der Waals surface area contributed by atoms with Gasteiger partial charge in [-0.15, -0.1) is 0 Å². The van der Waals surface area contributed by atoms with Crippen molar-refractivity contribution < 1.29 is 9.53 Å². The highest BCUT2D eigenvalue weighted by Gasteiger charge is 2.17. The number of rotatable bonds is 0. The smallest absolute Gasteiger partial charge is 0.310 e. The molecule has 2 heterocycles. The third-order valence-electron chi connectivity index (χ3n) is 1.43. The Morgan fingerprint density at radius 2 is 2.60 bits per heavy atom. The standard InChI is InChI=1S/C6H5NO2S/c8-6-1-4-2-7-10-5(4)3-9-6/h2H,1,3H2. The lowest BCUT2D eigenvalue weighted by Gasteiger charge is -2.09. The summed E-state index contributed by atoms with van der Waals surface area (Å²) in [5, 5.41) is 0. The van der Waals surface area contributed by atoms with Crippen LogP contribution in [0.15, 0.2) is 6.20 Å². The predicted octanol–water partition coefficient (Wildman–Crippen LogP) is 0.742. The van der Waals surface area contributed by atoms with E-state index in [2.05, 4.69) is 4.37 Å². The molecular formula is C6H5NO2S. The monoisotopic (exact) mass is 155 g/mol. The highest BCUT2D eigenvalue weighted by atomic mass is 32.1. The summed E-state index contributed by atoms with van der Waals surface area (Å²) in [6.45, 7) is 0.416. The van der Waals surface area contributed by atoms with Gasteiger partial charge in [-0.3, -0.25) is 4.79 Å². The summed E-state index contributed by atoms with van der Waals surface area (Å²) >= 11 is 1.40. The van der Waals surface area contributed by atoms with Crippen LogP contribution in [-0.2, 0) is 22.6 Å². The molecule has 0 N–H and O–H groups in total. The summed E-state index contributed by atoms with van der Waals surface area (Å²) in [7, 11) is 0. The predicted molar refractivity (Wildman–Crippen MR) is 35.6 cm³/mol. The third kappa shape index (κ3) is 0.806. The van der Waals surface area contributed by atoms with Crippen LogP contribution in [0.2, 0.25) is 0 Å². The number of fused-ring (bicyclic) bond motifs is 1. The first kappa shape index (κ1) is 5.85. The topological polar surface area (TPSA) is 39.2 Å². The quantitative estimate of drug-likeness (QED) is 0.519. The molecule has 0 unspecified atom stereocenters. The van der Waals surface area contributed by atoms with Crippen LogP contribution < -0.4 is 0 Å². The summed E-state index contributed by atoms with van der Waals surface area (Å²) in [6, 6.07) is 0. The molecule has 1 aromatic heterocycles. The fraction of sp³-hybridized carbons (Fsp3) is 0.333. The molecule has 2 rings (SSSR count). The largest absolute Gasteiger partial charge is 0.460 e. The number of hydrogen-bond donors (Lipinski definition) is 0. The van der Waals surface area contributed by atoms with Gasteiger partial charge in [0.25, 0.3) is 0 Å². The summed E-state index contributed by atoms with van der Waals surface area (Å²) in [4.78, 5) is 11.8. The van der Waals surface area contributed by atoms with E-state index in [1.54, 1.807) is 6.20 Å². The van der Waals surface area contributed by atoms with Crippen LogP contribution in [0.1, 0.15) is 10.4 Å². The molecule has 0 aromatic carbocycles. The van der Waals surface area contributed by atoms with Gasteiger partial charge in [0.1, 0.15) is 6.61 Å². The molecule has 1 aromatic rings. The van der Waals surface area contributed by atoms with Crippen molar-refractivity contribution in [3.63, 3.8) is 0 Å². The van der Waals surface area contributed by atoms with Crippen molar-refractivity contribution in [3.05, 3.63) is 16.6 Å². The molecule has 0 saturated heterocycles. The van der Waals surface area contributed by atoms with Gasteiger partial charge in [-0.2, -0.15) is 0 Å². The highest BCUT2D eigenvalue weighted by Crippen LogP contribution is 2.19. The van der Waals surface area contributed by atoms with Crippen molar-refractivity contribution in [1.82, 2.24) is 4.37 Å². The fourth-order valence-electron chi connectivity index (χ4n) is 0.900. The van der Waals surface area contributed by atoms with Crippen LogP contribution in [0.5, 0.6) is 0 Å². The molecule has 0 saturated carbocycles. The zero-order valence-corrected chi connectivity index (χ0v) is 5.98. The molecular weight excluding hydrogens is 150 g/mol. The summed E-state index contributed by atoms with van der Waals surface area (Å²) < 4.78 is 8.74. The minimum atomic E-state index is -0.146. The lowest BCUT2D eigenvalue weighted by atomic mass is 10.2. The molecule has 10 heavy (non-hydrogen) atoms. The Labute approximate surface area is 61.8 Å². The molecule has 0 atom stereocenters. The van der Waals surface area contributed by atoms with Gasteiger partial charge in [-0.25, -0.2) is 4.37 Å². The Morgan fingerprint density at radius 1 is 1.70 bits per heavy atom. The SMILES string of the molecule is O=C1Cc2cnsc2CO1. The van der Waals surface area contributed by atoms with Gasteiger partial charge < -0.3 is 4.74 Å². The highest BCUT2D eigenvalue weighted by molar-refractivity contribution is 7.05. The van der Waals surface area contributed by atoms with Crippen LogP contribution in [0.4, 0.5) is 0 Å². The average molecular weight is 155 g/mol. The molecule has 0 amide bonds. The van der Waals surface area contributed by atoms with E-state index in [1.807, 2.05) is 0 Å². The Bertz CT molecular complexity index is 268. The number of carbonyl (C=O) groups excluding carboxylic acids is 1. The van der Waals surface area contributed by atoms with Crippen LogP contribution in [0, 0.1) is 0 Å². The van der Waals surface area contributed by atoms with Gasteiger partial charge in [0.05, 0.1) is 11.3 Å². The van der Waals surface area contributed by atoms with E-state index in [4.69, 9.17) is 4.74 Å². The molecule has 1 aliphatic rings. The molecule has 0 bridgehead atoms. The third-order valence-corrected chi connectivity index (χ3v) is 2.24. The molecule has 52 valence electrons. The number of cyclic esters (lactones) is 1. The minimum Gasteiger partial charge on any atom is -0.460 e. The Hall–Kier alpha value is -0.900. The van der Waals surface area contributed by atoms with E-state index in [0.717, 1.165) is 10.4 Å². The van der Waals surface area contributed by atoms with Gasteiger partial charge in [0, 0.05) is 11.8 Å². The normalized spacial score (nSPS) is 16.2. The van der Waals surface area contributed by atoms with Crippen LogP contribution in [0.3, 0.4) is 0 Å². The lowest BCUT2D eigenvalue weighted by molar-refractivity contribution is -0.145. The molecule has 4 heteroatoms. The molecule has 0 spiro atoms. The van der Waals surface area contributed by atoms with Crippen molar-refractivity contribution in [3.8, 4) is 0 Å². The Morgan fingerprint density at radius 3 is 3.50 bits per heavy atom. The maximum Gasteiger partial charge on any atom is 0.310 e. The maximum absolute atomic E-state index is 10.7. The first-order chi connectivity index (χ1) is 4.86. The Balaban J connectivity index is 2.39. The molecule has 3 nitrogen and oxygen atoms in total. The maximum atomic E-state index is 10.7. The molecule has 0 fully saturated rings. The second kappa shape index (κ2) is 2.05.